The van der Waals surface area contributed by atoms with Gasteiger partial charge >= 0.3 is 5.97 Å². The van der Waals surface area contributed by atoms with Crippen LogP contribution in [0, 0.1) is 5.82 Å². The van der Waals surface area contributed by atoms with Crippen molar-refractivity contribution < 1.29 is 14.3 Å². The van der Waals surface area contributed by atoms with Crippen LogP contribution in [-0.2, 0) is 0 Å². The van der Waals surface area contributed by atoms with Crippen LogP contribution in [0.4, 0.5) is 4.39 Å². The van der Waals surface area contributed by atoms with E-state index in [0.29, 0.717) is 10.2 Å². The molecule has 5 heteroatoms. The molecule has 2 rings (SSSR count). The Labute approximate surface area is 99.3 Å². The van der Waals surface area contributed by atoms with Crippen LogP contribution in [0.3, 0.4) is 0 Å². The number of nitrogens with zero attached hydrogens (tertiary/aromatic N) is 1. The van der Waals surface area contributed by atoms with Gasteiger partial charge in [-0.25, -0.2) is 9.18 Å². The van der Waals surface area contributed by atoms with Crippen LogP contribution >= 0.6 is 15.9 Å². The smallest absolute Gasteiger partial charge is 0.352 e. The second-order valence-electron chi connectivity index (χ2n) is 3.20. The normalized spacial score (nSPS) is 10.4. The van der Waals surface area contributed by atoms with Crippen molar-refractivity contribution in [3.8, 4) is 5.69 Å². The fourth-order valence-electron chi connectivity index (χ4n) is 1.43. The van der Waals surface area contributed by atoms with Crippen molar-refractivity contribution >= 4 is 21.9 Å². The number of aromatic nitrogens is 1. The van der Waals surface area contributed by atoms with Crippen molar-refractivity contribution in [1.29, 1.82) is 0 Å². The summed E-state index contributed by atoms with van der Waals surface area (Å²) in [6, 6.07) is 7.22. The number of carboxylic acid groups (broad SMARTS) is 1. The minimum absolute atomic E-state index is 0.0810. The van der Waals surface area contributed by atoms with Gasteiger partial charge in [0.25, 0.3) is 0 Å². The van der Waals surface area contributed by atoms with E-state index < -0.39 is 11.8 Å². The standard InChI is InChI=1S/C11H7BrFNO2/c12-7-4-10(11(15)16)14(6-7)9-3-1-2-8(13)5-9/h1-6H,(H,15,16). The molecule has 1 N–H and O–H groups in total. The monoisotopic (exact) mass is 283 g/mol. The van der Waals surface area contributed by atoms with Crippen molar-refractivity contribution in [2.45, 2.75) is 0 Å². The second kappa shape index (κ2) is 4.09. The number of rotatable bonds is 2. The third kappa shape index (κ3) is 1.99. The molecule has 3 nitrogen and oxygen atoms in total. The summed E-state index contributed by atoms with van der Waals surface area (Å²) in [5.41, 5.74) is 0.556. The number of aromatic carboxylic acids is 1. The van der Waals surface area contributed by atoms with Gasteiger partial charge in [-0.2, -0.15) is 0 Å². The van der Waals surface area contributed by atoms with E-state index in [1.807, 2.05) is 0 Å². The van der Waals surface area contributed by atoms with Crippen molar-refractivity contribution in [2.24, 2.45) is 0 Å². The SMILES string of the molecule is O=C(O)c1cc(Br)cn1-c1cccc(F)c1. The molecular formula is C11H7BrFNO2. The van der Waals surface area contributed by atoms with E-state index in [4.69, 9.17) is 5.11 Å². The molecule has 16 heavy (non-hydrogen) atoms. The van der Waals surface area contributed by atoms with Crippen LogP contribution in [-0.4, -0.2) is 15.6 Å². The lowest BCUT2D eigenvalue weighted by atomic mass is 10.3. The van der Waals surface area contributed by atoms with Gasteiger partial charge in [-0.1, -0.05) is 6.07 Å². The summed E-state index contributed by atoms with van der Waals surface area (Å²) in [6.45, 7) is 0. The Morgan fingerprint density at radius 3 is 2.75 bits per heavy atom. The lowest BCUT2D eigenvalue weighted by Crippen LogP contribution is -2.05. The average molecular weight is 284 g/mol. The van der Waals surface area contributed by atoms with Crippen LogP contribution in [0.5, 0.6) is 0 Å². The highest BCUT2D eigenvalue weighted by molar-refractivity contribution is 9.10. The maximum absolute atomic E-state index is 13.0. The van der Waals surface area contributed by atoms with E-state index in [1.165, 1.54) is 28.8 Å². The lowest BCUT2D eigenvalue weighted by molar-refractivity contribution is 0.0688. The molecule has 0 radical (unpaired) electrons. The molecule has 0 saturated heterocycles. The van der Waals surface area contributed by atoms with Crippen molar-refractivity contribution in [3.05, 3.63) is 52.5 Å². The first-order valence-electron chi connectivity index (χ1n) is 4.45. The summed E-state index contributed by atoms with van der Waals surface area (Å²) in [7, 11) is 0. The molecule has 0 spiro atoms. The number of carbonyl (C=O) groups is 1. The summed E-state index contributed by atoms with van der Waals surface area (Å²) in [5, 5.41) is 8.97. The van der Waals surface area contributed by atoms with E-state index >= 15 is 0 Å². The molecule has 0 aliphatic heterocycles. The van der Waals surface area contributed by atoms with Crippen LogP contribution in [0.2, 0.25) is 0 Å². The molecular weight excluding hydrogens is 277 g/mol. The first-order chi connectivity index (χ1) is 7.58. The highest BCUT2D eigenvalue weighted by atomic mass is 79.9. The van der Waals surface area contributed by atoms with Crippen LogP contribution < -0.4 is 0 Å². The zero-order valence-electron chi connectivity index (χ0n) is 8.02. The van der Waals surface area contributed by atoms with Crippen molar-refractivity contribution in [3.63, 3.8) is 0 Å². The summed E-state index contributed by atoms with van der Waals surface area (Å²) in [4.78, 5) is 11.0. The predicted octanol–water partition coefficient (Wildman–Crippen LogP) is 3.08. The van der Waals surface area contributed by atoms with Crippen molar-refractivity contribution in [1.82, 2.24) is 4.57 Å². The maximum atomic E-state index is 13.0. The molecule has 1 aromatic carbocycles. The minimum atomic E-state index is -1.06. The van der Waals surface area contributed by atoms with E-state index in [0.717, 1.165) is 0 Å². The number of hydrogen-bond donors (Lipinski definition) is 1. The fraction of sp³-hybridized carbons (Fsp3) is 0. The molecule has 0 saturated carbocycles. The zero-order chi connectivity index (χ0) is 11.7. The third-order valence-electron chi connectivity index (χ3n) is 2.09. The molecule has 0 amide bonds. The van der Waals surface area contributed by atoms with Gasteiger partial charge in [0.15, 0.2) is 0 Å². The topological polar surface area (TPSA) is 42.2 Å². The van der Waals surface area contributed by atoms with E-state index in [2.05, 4.69) is 15.9 Å². The first-order valence-corrected chi connectivity index (χ1v) is 5.24. The van der Waals surface area contributed by atoms with Gasteiger partial charge in [0, 0.05) is 16.4 Å². The Morgan fingerprint density at radius 2 is 2.12 bits per heavy atom. The number of benzene rings is 1. The molecule has 0 fully saturated rings. The van der Waals surface area contributed by atoms with Gasteiger partial charge in [-0.3, -0.25) is 0 Å². The second-order valence-corrected chi connectivity index (χ2v) is 4.11. The molecule has 0 aliphatic carbocycles. The largest absolute Gasteiger partial charge is 0.477 e. The van der Waals surface area contributed by atoms with E-state index in [-0.39, 0.29) is 5.69 Å². The predicted molar refractivity (Wildman–Crippen MR) is 60.4 cm³/mol. The molecule has 0 unspecified atom stereocenters. The molecule has 1 aromatic heterocycles. The lowest BCUT2D eigenvalue weighted by Gasteiger charge is -2.05. The number of carboxylic acids is 1. The molecule has 0 bridgehead atoms. The third-order valence-corrected chi connectivity index (χ3v) is 2.53. The van der Waals surface area contributed by atoms with Crippen LogP contribution in [0.1, 0.15) is 10.5 Å². The van der Waals surface area contributed by atoms with Gasteiger partial charge < -0.3 is 9.67 Å². The molecule has 0 atom stereocenters. The average Bonchev–Trinajstić information content (AvgIpc) is 2.60. The van der Waals surface area contributed by atoms with Gasteiger partial charge in [-0.05, 0) is 40.2 Å². The summed E-state index contributed by atoms with van der Waals surface area (Å²) in [5.74, 6) is -1.46. The zero-order valence-corrected chi connectivity index (χ0v) is 9.61. The minimum Gasteiger partial charge on any atom is -0.477 e. The van der Waals surface area contributed by atoms with Gasteiger partial charge in [0.2, 0.25) is 0 Å². The molecule has 82 valence electrons. The van der Waals surface area contributed by atoms with Crippen molar-refractivity contribution in [2.75, 3.05) is 0 Å². The number of hydrogen-bond acceptors (Lipinski definition) is 1. The highest BCUT2D eigenvalue weighted by Gasteiger charge is 2.12. The van der Waals surface area contributed by atoms with Gasteiger partial charge in [0.05, 0.1) is 0 Å². The van der Waals surface area contributed by atoms with Crippen LogP contribution in [0.25, 0.3) is 5.69 Å². The van der Waals surface area contributed by atoms with Crippen LogP contribution in [0.15, 0.2) is 41.0 Å². The van der Waals surface area contributed by atoms with Gasteiger partial charge in [0.1, 0.15) is 11.5 Å². The van der Waals surface area contributed by atoms with E-state index in [9.17, 15) is 9.18 Å². The van der Waals surface area contributed by atoms with E-state index in [1.54, 1.807) is 12.3 Å². The summed E-state index contributed by atoms with van der Waals surface area (Å²) < 4.78 is 15.1. The fourth-order valence-corrected chi connectivity index (χ4v) is 1.86. The van der Waals surface area contributed by atoms with Gasteiger partial charge in [-0.15, -0.1) is 0 Å². The molecule has 2 aromatic rings. The summed E-state index contributed by atoms with van der Waals surface area (Å²) >= 11 is 3.19. The quantitative estimate of drug-likeness (QED) is 0.920. The maximum Gasteiger partial charge on any atom is 0.352 e. The Hall–Kier alpha value is -1.62. The Bertz CT molecular complexity index is 551. The Balaban J connectivity index is 2.59. The highest BCUT2D eigenvalue weighted by Crippen LogP contribution is 2.20. The Morgan fingerprint density at radius 1 is 1.38 bits per heavy atom. The summed E-state index contributed by atoms with van der Waals surface area (Å²) in [6.07, 6.45) is 1.58. The molecule has 0 aliphatic rings. The number of halogens is 2. The first kappa shape index (κ1) is 10.9. The molecule has 1 heterocycles. The Kier molecular flexibility index (Phi) is 2.78.